The molecule has 1 saturated carbocycles. The molecule has 4 bridgehead atoms. The molecular weight excluding hydrogens is 246 g/mol. The fourth-order valence-corrected chi connectivity index (χ4v) is 5.69. The van der Waals surface area contributed by atoms with Crippen molar-refractivity contribution in [3.05, 3.63) is 11.8 Å². The molecule has 0 radical (unpaired) electrons. The summed E-state index contributed by atoms with van der Waals surface area (Å²) >= 11 is 0. The topological polar surface area (TPSA) is 27.3 Å². The Labute approximate surface area is 122 Å². The quantitative estimate of drug-likeness (QED) is 0.820. The first-order valence-corrected chi connectivity index (χ1v) is 8.74. The molecule has 6 rings (SSSR count). The molecule has 3 heteroatoms. The summed E-state index contributed by atoms with van der Waals surface area (Å²) in [5, 5.41) is 7.80. The Morgan fingerprint density at radius 1 is 1.25 bits per heavy atom. The van der Waals surface area contributed by atoms with Gasteiger partial charge in [-0.05, 0) is 50.4 Å². The van der Waals surface area contributed by atoms with Crippen molar-refractivity contribution in [2.75, 3.05) is 13.1 Å². The van der Waals surface area contributed by atoms with Gasteiger partial charge >= 0.3 is 0 Å². The van der Waals surface area contributed by atoms with Crippen molar-refractivity contribution in [1.29, 1.82) is 0 Å². The molecule has 4 saturated heterocycles. The van der Waals surface area contributed by atoms with E-state index in [9.17, 15) is 0 Å². The van der Waals surface area contributed by atoms with Crippen LogP contribution >= 0.6 is 0 Å². The van der Waals surface area contributed by atoms with Crippen LogP contribution in [-0.2, 0) is 0 Å². The van der Waals surface area contributed by atoms with Crippen LogP contribution < -0.4 is 10.6 Å². The lowest BCUT2D eigenvalue weighted by Crippen LogP contribution is -2.40. The maximum atomic E-state index is 3.91. The Morgan fingerprint density at radius 3 is 2.80 bits per heavy atom. The number of rotatable bonds is 3. The average molecular weight is 273 g/mol. The first-order valence-electron chi connectivity index (χ1n) is 8.74. The highest BCUT2D eigenvalue weighted by Gasteiger charge is 2.50. The van der Waals surface area contributed by atoms with Crippen LogP contribution in [0.2, 0.25) is 0 Å². The zero-order valence-electron chi connectivity index (χ0n) is 12.5. The van der Waals surface area contributed by atoms with Crippen LogP contribution in [0.1, 0.15) is 39.0 Å². The van der Waals surface area contributed by atoms with Gasteiger partial charge < -0.3 is 15.5 Å². The van der Waals surface area contributed by atoms with Gasteiger partial charge in [0.1, 0.15) is 0 Å². The van der Waals surface area contributed by atoms with Gasteiger partial charge in [-0.3, -0.25) is 0 Å². The van der Waals surface area contributed by atoms with Gasteiger partial charge in [-0.2, -0.15) is 0 Å². The van der Waals surface area contributed by atoms with Gasteiger partial charge in [0.15, 0.2) is 0 Å². The number of hydrogen-bond donors (Lipinski definition) is 2. The molecule has 0 spiro atoms. The standard InChI is InChI=1S/C17H27N3/c1-10-4-15(17-12-6-13(7-12)19-17)16(18-10)8-14-5-11-2-3-20(14)9-11/h5,10-13,15-19H,2-4,6-9H2,1H3. The summed E-state index contributed by atoms with van der Waals surface area (Å²) in [6.07, 6.45) is 9.55. The fraction of sp³-hybridized carbons (Fsp3) is 0.882. The first-order chi connectivity index (χ1) is 9.76. The van der Waals surface area contributed by atoms with E-state index in [2.05, 4.69) is 28.5 Å². The second-order valence-electron chi connectivity index (χ2n) is 8.05. The second-order valence-corrected chi connectivity index (χ2v) is 8.05. The molecule has 0 aromatic rings. The summed E-state index contributed by atoms with van der Waals surface area (Å²) in [7, 11) is 0. The van der Waals surface area contributed by atoms with Gasteiger partial charge in [-0.1, -0.05) is 6.08 Å². The lowest BCUT2D eigenvalue weighted by Gasteiger charge is -2.31. The minimum atomic E-state index is 0.707. The third-order valence-electron chi connectivity index (χ3n) is 6.70. The molecule has 5 aliphatic heterocycles. The van der Waals surface area contributed by atoms with E-state index in [1.54, 1.807) is 5.70 Å². The van der Waals surface area contributed by atoms with Crippen LogP contribution in [0.3, 0.4) is 0 Å². The summed E-state index contributed by atoms with van der Waals surface area (Å²) < 4.78 is 0. The third-order valence-corrected chi connectivity index (χ3v) is 6.70. The van der Waals surface area contributed by atoms with Gasteiger partial charge in [0.05, 0.1) is 0 Å². The summed E-state index contributed by atoms with van der Waals surface area (Å²) in [6, 6.07) is 3.11. The maximum absolute atomic E-state index is 3.91. The van der Waals surface area contributed by atoms with Crippen molar-refractivity contribution in [1.82, 2.24) is 15.5 Å². The van der Waals surface area contributed by atoms with Gasteiger partial charge in [0.25, 0.3) is 0 Å². The molecule has 110 valence electrons. The smallest absolute Gasteiger partial charge is 0.0239 e. The Kier molecular flexibility index (Phi) is 2.55. The number of fused-ring (bicyclic) bond motifs is 3. The first kappa shape index (κ1) is 12.0. The molecule has 0 aromatic carbocycles. The van der Waals surface area contributed by atoms with E-state index in [1.807, 2.05) is 0 Å². The predicted molar refractivity (Wildman–Crippen MR) is 80.3 cm³/mol. The molecule has 6 aliphatic rings. The molecule has 0 amide bonds. The van der Waals surface area contributed by atoms with E-state index in [0.717, 1.165) is 29.8 Å². The van der Waals surface area contributed by atoms with Crippen molar-refractivity contribution >= 4 is 0 Å². The Hall–Kier alpha value is -0.540. The van der Waals surface area contributed by atoms with E-state index >= 15 is 0 Å². The van der Waals surface area contributed by atoms with E-state index in [-0.39, 0.29) is 0 Å². The van der Waals surface area contributed by atoms with Crippen molar-refractivity contribution in [3.8, 4) is 0 Å². The summed E-state index contributed by atoms with van der Waals surface area (Å²) in [4.78, 5) is 2.65. The zero-order chi connectivity index (χ0) is 13.3. The molecular formula is C17H27N3. The van der Waals surface area contributed by atoms with Crippen LogP contribution in [-0.4, -0.2) is 42.2 Å². The highest BCUT2D eigenvalue weighted by Crippen LogP contribution is 2.45. The Balaban J connectivity index is 1.32. The molecule has 20 heavy (non-hydrogen) atoms. The van der Waals surface area contributed by atoms with Crippen molar-refractivity contribution in [3.63, 3.8) is 0 Å². The summed E-state index contributed by atoms with van der Waals surface area (Å²) in [5.74, 6) is 2.73. The molecule has 5 atom stereocenters. The molecule has 5 unspecified atom stereocenters. The normalized spacial score (nSPS) is 52.5. The van der Waals surface area contributed by atoms with Crippen molar-refractivity contribution in [2.45, 2.75) is 63.2 Å². The minimum Gasteiger partial charge on any atom is -0.374 e. The number of nitrogens with one attached hydrogen (secondary N) is 2. The Morgan fingerprint density at radius 2 is 2.15 bits per heavy atom. The molecule has 2 N–H and O–H groups in total. The van der Waals surface area contributed by atoms with Crippen molar-refractivity contribution in [2.24, 2.45) is 17.8 Å². The number of hydrogen-bond acceptors (Lipinski definition) is 3. The summed E-state index contributed by atoms with van der Waals surface area (Å²) in [6.45, 7) is 5.01. The molecule has 5 heterocycles. The van der Waals surface area contributed by atoms with Gasteiger partial charge in [0.2, 0.25) is 0 Å². The average Bonchev–Trinajstić information content (AvgIpc) is 3.10. The van der Waals surface area contributed by atoms with Crippen LogP contribution in [0.25, 0.3) is 0 Å². The molecule has 5 fully saturated rings. The lowest BCUT2D eigenvalue weighted by molar-refractivity contribution is 0.274. The van der Waals surface area contributed by atoms with Gasteiger partial charge in [-0.15, -0.1) is 0 Å². The van der Waals surface area contributed by atoms with Crippen molar-refractivity contribution < 1.29 is 0 Å². The SMILES string of the molecule is CC1CC(C2NC3CC2C3)C(CC2=CC3CCN2C3)N1. The van der Waals surface area contributed by atoms with E-state index in [1.165, 1.54) is 45.2 Å². The highest BCUT2D eigenvalue weighted by atomic mass is 15.2. The van der Waals surface area contributed by atoms with E-state index < -0.39 is 0 Å². The molecule has 3 nitrogen and oxygen atoms in total. The fourth-order valence-electron chi connectivity index (χ4n) is 5.69. The second kappa shape index (κ2) is 4.23. The highest BCUT2D eigenvalue weighted by molar-refractivity contribution is 5.19. The monoisotopic (exact) mass is 273 g/mol. The maximum Gasteiger partial charge on any atom is 0.0239 e. The Bertz CT molecular complexity index is 440. The summed E-state index contributed by atoms with van der Waals surface area (Å²) in [5.41, 5.74) is 1.66. The van der Waals surface area contributed by atoms with Gasteiger partial charge in [-0.25, -0.2) is 0 Å². The van der Waals surface area contributed by atoms with Gasteiger partial charge in [0, 0.05) is 49.4 Å². The van der Waals surface area contributed by atoms with Crippen LogP contribution in [0.5, 0.6) is 0 Å². The van der Waals surface area contributed by atoms with Crippen LogP contribution in [0, 0.1) is 17.8 Å². The largest absolute Gasteiger partial charge is 0.374 e. The zero-order valence-corrected chi connectivity index (χ0v) is 12.5. The lowest BCUT2D eigenvalue weighted by atomic mass is 9.76. The number of nitrogens with zero attached hydrogens (tertiary/aromatic N) is 1. The minimum absolute atomic E-state index is 0.707. The van der Waals surface area contributed by atoms with Crippen LogP contribution in [0.15, 0.2) is 11.8 Å². The third kappa shape index (κ3) is 1.72. The predicted octanol–water partition coefficient (Wildman–Crippen LogP) is 1.71. The van der Waals surface area contributed by atoms with Crippen LogP contribution in [0.4, 0.5) is 0 Å². The molecule has 1 aliphatic carbocycles. The molecule has 0 aromatic heterocycles. The van der Waals surface area contributed by atoms with E-state index in [0.29, 0.717) is 12.1 Å². The van der Waals surface area contributed by atoms with E-state index in [4.69, 9.17) is 0 Å².